The molecule has 138 valence electrons. The Morgan fingerprint density at radius 1 is 0.741 bits per heavy atom. The van der Waals surface area contributed by atoms with Gasteiger partial charge in [0.25, 0.3) is 0 Å². The highest BCUT2D eigenvalue weighted by Gasteiger charge is 2.15. The third-order valence-electron chi connectivity index (χ3n) is 5.48. The Bertz CT molecular complexity index is 1050. The molecular formula is C25H26O2. The molecule has 0 radical (unpaired) electrons. The van der Waals surface area contributed by atoms with Crippen LogP contribution in [0.5, 0.6) is 0 Å². The van der Waals surface area contributed by atoms with Crippen molar-refractivity contribution in [3.8, 4) is 0 Å². The van der Waals surface area contributed by atoms with Gasteiger partial charge in [0.15, 0.2) is 0 Å². The van der Waals surface area contributed by atoms with Gasteiger partial charge in [0.1, 0.15) is 0 Å². The van der Waals surface area contributed by atoms with Crippen molar-refractivity contribution in [2.24, 2.45) is 0 Å². The van der Waals surface area contributed by atoms with E-state index < -0.39 is 0 Å². The molecule has 4 aromatic carbocycles. The first-order valence-electron chi connectivity index (χ1n) is 10.1. The van der Waals surface area contributed by atoms with Crippen LogP contribution in [-0.2, 0) is 4.74 Å². The number of carbonyl (C=O) groups excluding carboxylic acids is 1. The van der Waals surface area contributed by atoms with E-state index in [2.05, 4.69) is 49.4 Å². The molecule has 4 aromatic rings. The molecule has 2 heteroatoms. The molecular weight excluding hydrogens is 332 g/mol. The largest absolute Gasteiger partial charge is 0.462 e. The maximum Gasteiger partial charge on any atom is 0.338 e. The van der Waals surface area contributed by atoms with Crippen LogP contribution in [0.1, 0.15) is 55.8 Å². The lowest BCUT2D eigenvalue weighted by atomic mass is 9.92. The number of hydrogen-bond donors (Lipinski definition) is 0. The Morgan fingerprint density at radius 2 is 1.37 bits per heavy atom. The molecule has 0 spiro atoms. The average molecular weight is 358 g/mol. The van der Waals surface area contributed by atoms with Crippen LogP contribution in [0.25, 0.3) is 32.3 Å². The van der Waals surface area contributed by atoms with Crippen LogP contribution in [0.3, 0.4) is 0 Å². The van der Waals surface area contributed by atoms with E-state index in [1.807, 2.05) is 12.1 Å². The third kappa shape index (κ3) is 3.49. The van der Waals surface area contributed by atoms with Gasteiger partial charge in [-0.1, -0.05) is 87.6 Å². The number of ether oxygens (including phenoxy) is 1. The number of unbranched alkanes of at least 4 members (excludes halogenated alkanes) is 5. The molecule has 4 rings (SSSR count). The molecule has 0 bridgehead atoms. The van der Waals surface area contributed by atoms with Crippen molar-refractivity contribution in [3.63, 3.8) is 0 Å². The van der Waals surface area contributed by atoms with Crippen LogP contribution >= 0.6 is 0 Å². The Balaban J connectivity index is 1.56. The van der Waals surface area contributed by atoms with E-state index in [0.717, 1.165) is 18.2 Å². The summed E-state index contributed by atoms with van der Waals surface area (Å²) in [5.74, 6) is -0.207. The maximum atomic E-state index is 12.7. The maximum absolute atomic E-state index is 12.7. The number of esters is 1. The van der Waals surface area contributed by atoms with Gasteiger partial charge in [-0.2, -0.15) is 0 Å². The molecule has 0 N–H and O–H groups in total. The Kier molecular flexibility index (Phi) is 5.24. The van der Waals surface area contributed by atoms with E-state index in [1.54, 1.807) is 0 Å². The van der Waals surface area contributed by atoms with E-state index in [0.29, 0.717) is 12.2 Å². The second-order valence-electron chi connectivity index (χ2n) is 7.37. The van der Waals surface area contributed by atoms with Crippen molar-refractivity contribution < 1.29 is 9.53 Å². The average Bonchev–Trinajstić information content (AvgIpc) is 2.71. The smallest absolute Gasteiger partial charge is 0.338 e. The standard InChI is InChI=1S/C25H26O2/c1-2-3-4-5-6-7-17-27-25(26)22-16-14-20-12-11-18-9-8-10-19-13-15-21(22)24(20)23(18)19/h8-16H,2-7,17H2,1H3. The second kappa shape index (κ2) is 7.96. The van der Waals surface area contributed by atoms with Crippen molar-refractivity contribution in [3.05, 3.63) is 60.2 Å². The normalized spacial score (nSPS) is 11.6. The Hall–Kier alpha value is -2.61. The fraction of sp³-hybridized carbons (Fsp3) is 0.320. The van der Waals surface area contributed by atoms with E-state index in [9.17, 15) is 4.79 Å². The second-order valence-corrected chi connectivity index (χ2v) is 7.37. The minimum atomic E-state index is -0.207. The summed E-state index contributed by atoms with van der Waals surface area (Å²) in [4.78, 5) is 12.7. The first-order valence-corrected chi connectivity index (χ1v) is 10.1. The number of rotatable bonds is 8. The van der Waals surface area contributed by atoms with Gasteiger partial charge in [-0.15, -0.1) is 0 Å². The molecule has 0 atom stereocenters. The molecule has 0 amide bonds. The minimum Gasteiger partial charge on any atom is -0.462 e. The first kappa shape index (κ1) is 17.8. The van der Waals surface area contributed by atoms with Gasteiger partial charge < -0.3 is 4.74 Å². The Morgan fingerprint density at radius 3 is 2.15 bits per heavy atom. The third-order valence-corrected chi connectivity index (χ3v) is 5.48. The summed E-state index contributed by atoms with van der Waals surface area (Å²) in [6.07, 6.45) is 7.13. The summed E-state index contributed by atoms with van der Waals surface area (Å²) in [5.41, 5.74) is 0.673. The van der Waals surface area contributed by atoms with Gasteiger partial charge in [0, 0.05) is 0 Å². The Labute approximate surface area is 160 Å². The lowest BCUT2D eigenvalue weighted by Gasteiger charge is -2.13. The summed E-state index contributed by atoms with van der Waals surface area (Å²) < 4.78 is 5.59. The van der Waals surface area contributed by atoms with Gasteiger partial charge in [0.2, 0.25) is 0 Å². The zero-order valence-electron chi connectivity index (χ0n) is 16.0. The molecule has 0 saturated carbocycles. The summed E-state index contributed by atoms with van der Waals surface area (Å²) in [6.45, 7) is 2.73. The molecule has 0 aromatic heterocycles. The van der Waals surface area contributed by atoms with Crippen LogP contribution in [0.2, 0.25) is 0 Å². The molecule has 0 aliphatic carbocycles. The van der Waals surface area contributed by atoms with Gasteiger partial charge in [-0.25, -0.2) is 4.79 Å². The summed E-state index contributed by atoms with van der Waals surface area (Å²) in [5, 5.41) is 6.98. The van der Waals surface area contributed by atoms with Gasteiger partial charge in [-0.3, -0.25) is 0 Å². The van der Waals surface area contributed by atoms with Crippen LogP contribution in [0, 0.1) is 0 Å². The summed E-state index contributed by atoms with van der Waals surface area (Å²) in [7, 11) is 0. The lowest BCUT2D eigenvalue weighted by Crippen LogP contribution is -2.07. The highest BCUT2D eigenvalue weighted by Crippen LogP contribution is 2.36. The fourth-order valence-electron chi connectivity index (χ4n) is 4.04. The molecule has 27 heavy (non-hydrogen) atoms. The molecule has 0 aliphatic heterocycles. The predicted molar refractivity (Wildman–Crippen MR) is 114 cm³/mol. The van der Waals surface area contributed by atoms with Crippen LogP contribution in [0.15, 0.2) is 54.6 Å². The zero-order valence-corrected chi connectivity index (χ0v) is 16.0. The molecule has 2 nitrogen and oxygen atoms in total. The molecule has 0 unspecified atom stereocenters. The van der Waals surface area contributed by atoms with Crippen LogP contribution < -0.4 is 0 Å². The predicted octanol–water partition coefficient (Wildman–Crippen LogP) is 7.10. The molecule has 0 heterocycles. The van der Waals surface area contributed by atoms with Crippen molar-refractivity contribution in [2.45, 2.75) is 45.4 Å². The number of hydrogen-bond acceptors (Lipinski definition) is 2. The van der Waals surface area contributed by atoms with Crippen LogP contribution in [0.4, 0.5) is 0 Å². The van der Waals surface area contributed by atoms with Gasteiger partial charge >= 0.3 is 5.97 Å². The monoisotopic (exact) mass is 358 g/mol. The topological polar surface area (TPSA) is 26.3 Å². The fourth-order valence-corrected chi connectivity index (χ4v) is 4.04. The first-order chi connectivity index (χ1) is 13.3. The summed E-state index contributed by atoms with van der Waals surface area (Å²) >= 11 is 0. The number of benzene rings is 4. The van der Waals surface area contributed by atoms with E-state index in [1.165, 1.54) is 52.6 Å². The van der Waals surface area contributed by atoms with Crippen molar-refractivity contribution in [2.75, 3.05) is 6.61 Å². The highest BCUT2D eigenvalue weighted by atomic mass is 16.5. The lowest BCUT2D eigenvalue weighted by molar-refractivity contribution is 0.0500. The van der Waals surface area contributed by atoms with Crippen molar-refractivity contribution in [1.82, 2.24) is 0 Å². The van der Waals surface area contributed by atoms with E-state index in [4.69, 9.17) is 4.74 Å². The molecule has 0 saturated heterocycles. The number of carbonyl (C=O) groups is 1. The summed E-state index contributed by atoms with van der Waals surface area (Å²) in [6, 6.07) is 18.7. The highest BCUT2D eigenvalue weighted by molar-refractivity contribution is 6.25. The molecule has 0 fully saturated rings. The zero-order chi connectivity index (χ0) is 18.6. The van der Waals surface area contributed by atoms with Crippen molar-refractivity contribution in [1.29, 1.82) is 0 Å². The van der Waals surface area contributed by atoms with E-state index in [-0.39, 0.29) is 5.97 Å². The minimum absolute atomic E-state index is 0.207. The molecule has 0 aliphatic rings. The van der Waals surface area contributed by atoms with Crippen LogP contribution in [-0.4, -0.2) is 12.6 Å². The van der Waals surface area contributed by atoms with E-state index >= 15 is 0 Å². The van der Waals surface area contributed by atoms with Crippen molar-refractivity contribution >= 4 is 38.3 Å². The van der Waals surface area contributed by atoms with Gasteiger partial charge in [-0.05, 0) is 44.8 Å². The van der Waals surface area contributed by atoms with Gasteiger partial charge in [0.05, 0.1) is 12.2 Å². The SMILES string of the molecule is CCCCCCCCOC(=O)c1ccc2ccc3cccc4ccc1c2c34. The quantitative estimate of drug-likeness (QED) is 0.191.